The number of esters is 1. The number of rotatable bonds is 7. The van der Waals surface area contributed by atoms with Crippen LogP contribution in [0, 0.1) is 17.3 Å². The van der Waals surface area contributed by atoms with Crippen molar-refractivity contribution in [1.82, 2.24) is 5.32 Å². The van der Waals surface area contributed by atoms with Gasteiger partial charge in [0, 0.05) is 11.1 Å². The molecular weight excluding hydrogens is 466 g/mol. The summed E-state index contributed by atoms with van der Waals surface area (Å²) in [6.45, 7) is 9.45. The van der Waals surface area contributed by atoms with E-state index in [0.29, 0.717) is 24.2 Å². The molecule has 1 aliphatic carbocycles. The summed E-state index contributed by atoms with van der Waals surface area (Å²) in [5.74, 6) is -1.83. The molecule has 2 N–H and O–H groups in total. The van der Waals surface area contributed by atoms with Gasteiger partial charge in [0.1, 0.15) is 11.0 Å². The smallest absolute Gasteiger partial charge is 0.317 e. The maximum absolute atomic E-state index is 13.8. The van der Waals surface area contributed by atoms with Crippen molar-refractivity contribution in [2.75, 3.05) is 5.32 Å². The van der Waals surface area contributed by atoms with E-state index in [1.54, 1.807) is 6.08 Å². The Bertz CT molecular complexity index is 1240. The van der Waals surface area contributed by atoms with Gasteiger partial charge >= 0.3 is 5.97 Å². The highest BCUT2D eigenvalue weighted by atomic mass is 16.6. The average molecular weight is 502 g/mol. The number of carbonyl (C=O) groups is 3. The third-order valence-corrected chi connectivity index (χ3v) is 6.57. The lowest BCUT2D eigenvalue weighted by Crippen LogP contribution is -2.53. The van der Waals surface area contributed by atoms with E-state index >= 15 is 0 Å². The number of allylic oxidation sites excluding steroid dienone is 1. The molecule has 0 radical (unpaired) electrons. The van der Waals surface area contributed by atoms with Crippen molar-refractivity contribution in [2.45, 2.75) is 59.2 Å². The zero-order valence-corrected chi connectivity index (χ0v) is 22.1. The Morgan fingerprint density at radius 1 is 1.11 bits per heavy atom. The first kappa shape index (κ1) is 26.3. The molecule has 7 nitrogen and oxygen atoms in total. The van der Waals surface area contributed by atoms with Gasteiger partial charge in [0.2, 0.25) is 12.1 Å². The number of benzodiazepines with no additional fused rings is 1. The molecule has 37 heavy (non-hydrogen) atoms. The van der Waals surface area contributed by atoms with Crippen molar-refractivity contribution in [3.63, 3.8) is 0 Å². The lowest BCUT2D eigenvalue weighted by atomic mass is 9.64. The molecule has 0 saturated carbocycles. The molecule has 1 heterocycles. The van der Waals surface area contributed by atoms with E-state index in [4.69, 9.17) is 9.73 Å². The molecule has 7 heteroatoms. The predicted octanol–water partition coefficient (Wildman–Crippen LogP) is 4.87. The van der Waals surface area contributed by atoms with Gasteiger partial charge in [0.15, 0.2) is 0 Å². The zero-order chi connectivity index (χ0) is 26.8. The van der Waals surface area contributed by atoms with E-state index in [9.17, 15) is 14.4 Å². The molecule has 194 valence electrons. The number of benzene rings is 2. The fourth-order valence-electron chi connectivity index (χ4n) is 4.74. The second kappa shape index (κ2) is 10.3. The number of nitrogens with zero attached hydrogens (tertiary/aromatic N) is 1. The summed E-state index contributed by atoms with van der Waals surface area (Å²) in [5, 5.41) is 5.76. The highest BCUT2D eigenvalue weighted by Crippen LogP contribution is 2.46. The van der Waals surface area contributed by atoms with E-state index < -0.39 is 40.9 Å². The van der Waals surface area contributed by atoms with E-state index in [1.165, 1.54) is 0 Å². The molecule has 2 aromatic rings. The zero-order valence-electron chi connectivity index (χ0n) is 22.1. The van der Waals surface area contributed by atoms with Crippen LogP contribution in [0.2, 0.25) is 0 Å². The van der Waals surface area contributed by atoms with Crippen LogP contribution < -0.4 is 10.6 Å². The molecular formula is C30H35N3O4. The number of anilines is 1. The molecule has 2 amide bonds. The molecule has 2 aromatic carbocycles. The molecule has 0 spiro atoms. The molecule has 0 aromatic heterocycles. The molecule has 1 unspecified atom stereocenters. The van der Waals surface area contributed by atoms with E-state index in [1.807, 2.05) is 95.3 Å². The van der Waals surface area contributed by atoms with Gasteiger partial charge in [-0.3, -0.25) is 14.4 Å². The van der Waals surface area contributed by atoms with Crippen molar-refractivity contribution >= 4 is 29.2 Å². The van der Waals surface area contributed by atoms with E-state index in [0.717, 1.165) is 11.1 Å². The van der Waals surface area contributed by atoms with Crippen LogP contribution in [0.15, 0.2) is 71.7 Å². The Balaban J connectivity index is 1.69. The maximum Gasteiger partial charge on any atom is 0.317 e. The van der Waals surface area contributed by atoms with Crippen molar-refractivity contribution in [3.8, 4) is 0 Å². The second-order valence-corrected chi connectivity index (χ2v) is 11.1. The lowest BCUT2D eigenvalue weighted by Gasteiger charge is -2.41. The van der Waals surface area contributed by atoms with Crippen molar-refractivity contribution in [2.24, 2.45) is 22.2 Å². The van der Waals surface area contributed by atoms with Crippen LogP contribution in [0.3, 0.4) is 0 Å². The summed E-state index contributed by atoms with van der Waals surface area (Å²) in [6, 6.07) is 17.0. The monoisotopic (exact) mass is 501 g/mol. The van der Waals surface area contributed by atoms with Crippen LogP contribution in [0.1, 0.15) is 58.6 Å². The minimum absolute atomic E-state index is 0.139. The van der Waals surface area contributed by atoms with Gasteiger partial charge in [-0.25, -0.2) is 4.99 Å². The summed E-state index contributed by atoms with van der Waals surface area (Å²) >= 11 is 0. The van der Waals surface area contributed by atoms with Gasteiger partial charge in [0.25, 0.3) is 5.91 Å². The van der Waals surface area contributed by atoms with Gasteiger partial charge in [0.05, 0.1) is 17.3 Å². The highest BCUT2D eigenvalue weighted by Gasteiger charge is 2.52. The van der Waals surface area contributed by atoms with Crippen LogP contribution in [-0.2, 0) is 19.1 Å². The SMILES string of the molecule is CC(C)C[C@@H](C(=O)NC1N=C(c2ccccc2)c2ccccc2NC1=O)[C@@]1(C(=O)OC(C)(C)C)C=CC1. The average Bonchev–Trinajstić information content (AvgIpc) is 2.93. The number of ether oxygens (including phenoxy) is 1. The van der Waals surface area contributed by atoms with Gasteiger partial charge in [-0.15, -0.1) is 0 Å². The first-order chi connectivity index (χ1) is 17.5. The summed E-state index contributed by atoms with van der Waals surface area (Å²) in [7, 11) is 0. The predicted molar refractivity (Wildman–Crippen MR) is 144 cm³/mol. The Labute approximate surface area is 218 Å². The van der Waals surface area contributed by atoms with Crippen molar-refractivity contribution in [1.29, 1.82) is 0 Å². The van der Waals surface area contributed by atoms with Gasteiger partial charge < -0.3 is 15.4 Å². The third kappa shape index (κ3) is 5.66. The summed E-state index contributed by atoms with van der Waals surface area (Å²) in [6.07, 6.45) is 3.36. The molecule has 1 aliphatic heterocycles. The largest absolute Gasteiger partial charge is 0.459 e. The topological polar surface area (TPSA) is 96.9 Å². The molecule has 3 atom stereocenters. The number of hydrogen-bond acceptors (Lipinski definition) is 5. The molecule has 0 saturated heterocycles. The number of fused-ring (bicyclic) bond motifs is 1. The van der Waals surface area contributed by atoms with Crippen LogP contribution in [0.5, 0.6) is 0 Å². The fraction of sp³-hybridized carbons (Fsp3) is 0.400. The van der Waals surface area contributed by atoms with E-state index in [2.05, 4.69) is 10.6 Å². The van der Waals surface area contributed by atoms with Crippen LogP contribution in [0.25, 0.3) is 0 Å². The van der Waals surface area contributed by atoms with Crippen LogP contribution in [-0.4, -0.2) is 35.3 Å². The van der Waals surface area contributed by atoms with Crippen LogP contribution >= 0.6 is 0 Å². The first-order valence-corrected chi connectivity index (χ1v) is 12.8. The number of amides is 2. The minimum Gasteiger partial charge on any atom is -0.459 e. The van der Waals surface area contributed by atoms with E-state index in [-0.39, 0.29) is 5.92 Å². The molecule has 2 aliphatic rings. The minimum atomic E-state index is -1.16. The van der Waals surface area contributed by atoms with Crippen molar-refractivity contribution < 1.29 is 19.1 Å². The number of nitrogens with one attached hydrogen (secondary N) is 2. The standard InChI is InChI=1S/C30H35N3O4/c1-19(2)18-22(30(16-11-17-30)28(36)37-29(3,4)5)26(34)33-25-27(35)31-23-15-10-9-14-21(23)24(32-25)20-12-7-6-8-13-20/h6-16,19,22,25H,17-18H2,1-5H3,(H,31,35)(H,33,34)/t22-,25?,30+/m0/s1. The van der Waals surface area contributed by atoms with Gasteiger partial charge in [-0.2, -0.15) is 0 Å². The Morgan fingerprint density at radius 3 is 2.35 bits per heavy atom. The highest BCUT2D eigenvalue weighted by molar-refractivity contribution is 6.19. The Hall–Kier alpha value is -3.74. The normalized spacial score (nSPS) is 21.6. The molecule has 4 rings (SSSR count). The first-order valence-electron chi connectivity index (χ1n) is 12.8. The number of aliphatic imine (C=N–C) groups is 1. The number of carbonyl (C=O) groups excluding carboxylic acids is 3. The number of hydrogen-bond donors (Lipinski definition) is 2. The van der Waals surface area contributed by atoms with Crippen LogP contribution in [0.4, 0.5) is 5.69 Å². The fourth-order valence-corrected chi connectivity index (χ4v) is 4.74. The molecule has 0 fully saturated rings. The quantitative estimate of drug-likeness (QED) is 0.418. The maximum atomic E-state index is 13.8. The third-order valence-electron chi connectivity index (χ3n) is 6.57. The van der Waals surface area contributed by atoms with Gasteiger partial charge in [-0.1, -0.05) is 74.5 Å². The Morgan fingerprint density at radius 2 is 1.76 bits per heavy atom. The van der Waals surface area contributed by atoms with Gasteiger partial charge in [-0.05, 0) is 45.6 Å². The molecule has 0 bridgehead atoms. The summed E-state index contributed by atoms with van der Waals surface area (Å²) in [4.78, 5) is 45.1. The summed E-state index contributed by atoms with van der Waals surface area (Å²) < 4.78 is 5.73. The summed E-state index contributed by atoms with van der Waals surface area (Å²) in [5.41, 5.74) is 1.07. The Kier molecular flexibility index (Phi) is 7.35. The second-order valence-electron chi connectivity index (χ2n) is 11.1. The number of para-hydroxylation sites is 1. The lowest BCUT2D eigenvalue weighted by molar-refractivity contribution is -0.171. The van der Waals surface area contributed by atoms with Crippen molar-refractivity contribution in [3.05, 3.63) is 77.9 Å².